The first-order chi connectivity index (χ1) is 30.0. The molecule has 10 aromatic rings. The van der Waals surface area contributed by atoms with Gasteiger partial charge < -0.3 is 13.7 Å². The number of furan rings is 1. The highest BCUT2D eigenvalue weighted by atomic mass is 16.5. The molecule has 1 aliphatic carbocycles. The van der Waals surface area contributed by atoms with Gasteiger partial charge in [0.05, 0.1) is 22.1 Å². The van der Waals surface area contributed by atoms with Crippen LogP contribution >= 0.6 is 0 Å². The Labute approximate surface area is 364 Å². The number of hydrogen-bond acceptors (Lipinski definition) is 2. The van der Waals surface area contributed by atoms with Gasteiger partial charge in [-0.25, -0.2) is 0 Å². The zero-order valence-electron chi connectivity index (χ0n) is 36.9. The van der Waals surface area contributed by atoms with Crippen molar-refractivity contribution >= 4 is 77.6 Å². The molecule has 0 bridgehead atoms. The van der Waals surface area contributed by atoms with Gasteiger partial charge in [0, 0.05) is 33.0 Å². The zero-order valence-corrected chi connectivity index (χ0v) is 36.9. The quantitative estimate of drug-likeness (QED) is 0.162. The lowest BCUT2D eigenvalue weighted by Gasteiger charge is -2.34. The van der Waals surface area contributed by atoms with E-state index in [0.717, 1.165) is 50.2 Å². The fourth-order valence-corrected chi connectivity index (χ4v) is 11.4. The third kappa shape index (κ3) is 5.07. The van der Waals surface area contributed by atoms with Crippen molar-refractivity contribution in [3.05, 3.63) is 167 Å². The van der Waals surface area contributed by atoms with Gasteiger partial charge >= 0.3 is 0 Å². The third-order valence-corrected chi connectivity index (χ3v) is 14.4. The monoisotopic (exact) mass is 803 g/mol. The largest absolute Gasteiger partial charge is 0.458 e. The minimum atomic E-state index is -0.153. The topological polar surface area (TPSA) is 27.3 Å². The van der Waals surface area contributed by atoms with Gasteiger partial charge in [0.2, 0.25) is 0 Å². The van der Waals surface area contributed by atoms with Crippen molar-refractivity contribution in [2.75, 3.05) is 0 Å². The maximum Gasteiger partial charge on any atom is 0.252 e. The maximum atomic E-state index is 7.48. The number of ether oxygens (including phenoxy) is 1. The second-order valence-electron chi connectivity index (χ2n) is 19.4. The second-order valence-corrected chi connectivity index (χ2v) is 19.4. The molecular formula is C58H50BNO2. The molecule has 8 aromatic carbocycles. The Morgan fingerprint density at radius 1 is 0.516 bits per heavy atom. The van der Waals surface area contributed by atoms with Gasteiger partial charge in [0.1, 0.15) is 22.7 Å². The Morgan fingerprint density at radius 3 is 1.92 bits per heavy atom. The van der Waals surface area contributed by atoms with Crippen LogP contribution in [-0.2, 0) is 5.41 Å². The summed E-state index contributed by atoms with van der Waals surface area (Å²) in [5, 5.41) is 7.08. The first-order valence-electron chi connectivity index (χ1n) is 22.5. The number of aromatic nitrogens is 1. The number of nitrogens with zero attached hydrogens (tertiary/aromatic N) is 1. The second kappa shape index (κ2) is 13.2. The minimum absolute atomic E-state index is 0.0591. The standard InChI is InChI=1S/C58H50BNO2/c1-32(2)35-27-42(33(3)4)55(43(28-35)34(5)6)59-47-30-46-44(36-17-11-14-22-45(36)58(46,7)8)29-52(47)62-53-31-49(37-18-9-10-20-39(37)56(53)59)60-48-23-15-12-19-38(48)40-25-26-51-54(57(40)60)41-21-13-16-24-50(41)61-51/h9-34H,1-8H3. The van der Waals surface area contributed by atoms with Crippen LogP contribution in [0, 0.1) is 0 Å². The normalized spacial score (nSPS) is 14.1. The summed E-state index contributed by atoms with van der Waals surface area (Å²) < 4.78 is 16.5. The smallest absolute Gasteiger partial charge is 0.252 e. The van der Waals surface area contributed by atoms with Gasteiger partial charge in [-0.15, -0.1) is 0 Å². The van der Waals surface area contributed by atoms with Gasteiger partial charge in [0.15, 0.2) is 0 Å². The molecule has 3 nitrogen and oxygen atoms in total. The Morgan fingerprint density at radius 2 is 1.18 bits per heavy atom. The molecule has 3 heterocycles. The van der Waals surface area contributed by atoms with Crippen molar-refractivity contribution in [2.45, 2.75) is 78.6 Å². The van der Waals surface area contributed by atoms with E-state index < -0.39 is 0 Å². The van der Waals surface area contributed by atoms with E-state index in [1.807, 2.05) is 0 Å². The van der Waals surface area contributed by atoms with Crippen molar-refractivity contribution in [1.82, 2.24) is 4.57 Å². The van der Waals surface area contributed by atoms with E-state index in [-0.39, 0.29) is 12.1 Å². The third-order valence-electron chi connectivity index (χ3n) is 14.4. The predicted molar refractivity (Wildman–Crippen MR) is 263 cm³/mol. The molecule has 2 aliphatic rings. The molecule has 2 aromatic heterocycles. The van der Waals surface area contributed by atoms with E-state index in [1.165, 1.54) is 76.9 Å². The average molecular weight is 804 g/mol. The summed E-state index contributed by atoms with van der Waals surface area (Å²) in [6.45, 7) is 18.9. The van der Waals surface area contributed by atoms with E-state index in [0.29, 0.717) is 17.8 Å². The molecule has 0 saturated carbocycles. The van der Waals surface area contributed by atoms with Crippen LogP contribution in [0.15, 0.2) is 144 Å². The van der Waals surface area contributed by atoms with Crippen LogP contribution < -0.4 is 21.1 Å². The molecular weight excluding hydrogens is 753 g/mol. The van der Waals surface area contributed by atoms with Crippen LogP contribution in [0.5, 0.6) is 11.5 Å². The lowest BCUT2D eigenvalue weighted by atomic mass is 9.33. The fraction of sp³-hybridized carbons (Fsp3) is 0.207. The molecule has 0 radical (unpaired) electrons. The maximum absolute atomic E-state index is 7.48. The summed E-state index contributed by atoms with van der Waals surface area (Å²) in [6.07, 6.45) is 0. The lowest BCUT2D eigenvalue weighted by molar-refractivity contribution is 0.487. The van der Waals surface area contributed by atoms with Gasteiger partial charge in [-0.05, 0) is 103 Å². The van der Waals surface area contributed by atoms with E-state index in [1.54, 1.807) is 0 Å². The van der Waals surface area contributed by atoms with Crippen molar-refractivity contribution < 1.29 is 9.15 Å². The van der Waals surface area contributed by atoms with Crippen LogP contribution in [0.3, 0.4) is 0 Å². The van der Waals surface area contributed by atoms with Crippen LogP contribution in [0.2, 0.25) is 0 Å². The van der Waals surface area contributed by atoms with Crippen molar-refractivity contribution in [3.8, 4) is 28.3 Å². The summed E-state index contributed by atoms with van der Waals surface area (Å²) in [6, 6.07) is 52.0. The highest BCUT2D eigenvalue weighted by molar-refractivity contribution is 6.99. The zero-order chi connectivity index (χ0) is 42.3. The molecule has 0 atom stereocenters. The van der Waals surface area contributed by atoms with E-state index >= 15 is 0 Å². The predicted octanol–water partition coefficient (Wildman–Crippen LogP) is 14.1. The molecule has 302 valence electrons. The van der Waals surface area contributed by atoms with Crippen LogP contribution in [0.25, 0.3) is 71.3 Å². The number of hydrogen-bond donors (Lipinski definition) is 0. The van der Waals surface area contributed by atoms with Crippen molar-refractivity contribution in [2.24, 2.45) is 0 Å². The molecule has 0 amide bonds. The molecule has 0 spiro atoms. The van der Waals surface area contributed by atoms with Crippen LogP contribution in [0.4, 0.5) is 0 Å². The van der Waals surface area contributed by atoms with Gasteiger partial charge in [0.25, 0.3) is 6.71 Å². The fourth-order valence-electron chi connectivity index (χ4n) is 11.4. The van der Waals surface area contributed by atoms with Crippen molar-refractivity contribution in [1.29, 1.82) is 0 Å². The SMILES string of the molecule is CC(C)c1cc(C(C)C)c(B2c3cc4c(cc3Oc3cc(-n5c6ccccc6c6ccc7oc8ccccc8c7c65)c5ccccc5c32)-c2ccccc2C4(C)C)c(C(C)C)c1. The molecule has 12 rings (SSSR count). The first-order valence-corrected chi connectivity index (χ1v) is 22.5. The Balaban J connectivity index is 1.23. The van der Waals surface area contributed by atoms with Crippen LogP contribution in [-0.4, -0.2) is 11.3 Å². The van der Waals surface area contributed by atoms with Crippen LogP contribution in [0.1, 0.15) is 101 Å². The van der Waals surface area contributed by atoms with Gasteiger partial charge in [-0.2, -0.15) is 0 Å². The Hall–Kier alpha value is -6.52. The Kier molecular flexibility index (Phi) is 7.96. The molecule has 0 N–H and O–H groups in total. The molecule has 62 heavy (non-hydrogen) atoms. The molecule has 0 fully saturated rings. The number of rotatable bonds is 5. The summed E-state index contributed by atoms with van der Waals surface area (Å²) in [7, 11) is 0. The van der Waals surface area contributed by atoms with E-state index in [9.17, 15) is 0 Å². The molecule has 0 saturated heterocycles. The number of benzene rings is 8. The van der Waals surface area contributed by atoms with E-state index in [4.69, 9.17) is 9.15 Å². The lowest BCUT2D eigenvalue weighted by Crippen LogP contribution is -2.58. The summed E-state index contributed by atoms with van der Waals surface area (Å²) in [4.78, 5) is 0. The summed E-state index contributed by atoms with van der Waals surface area (Å²) >= 11 is 0. The van der Waals surface area contributed by atoms with Crippen molar-refractivity contribution in [3.63, 3.8) is 0 Å². The van der Waals surface area contributed by atoms with E-state index in [2.05, 4.69) is 199 Å². The highest BCUT2D eigenvalue weighted by Gasteiger charge is 2.43. The molecule has 0 unspecified atom stereocenters. The average Bonchev–Trinajstić information content (AvgIpc) is 3.89. The van der Waals surface area contributed by atoms with Gasteiger partial charge in [-0.1, -0.05) is 164 Å². The number of para-hydroxylation sites is 2. The highest BCUT2D eigenvalue weighted by Crippen LogP contribution is 2.51. The minimum Gasteiger partial charge on any atom is -0.458 e. The number of fused-ring (bicyclic) bond motifs is 14. The first kappa shape index (κ1) is 37.3. The van der Waals surface area contributed by atoms with Gasteiger partial charge in [-0.3, -0.25) is 0 Å². The molecule has 1 aliphatic heterocycles. The molecule has 4 heteroatoms. The Bertz CT molecular complexity index is 3490. The summed E-state index contributed by atoms with van der Waals surface area (Å²) in [5.41, 5.74) is 18.5. The summed E-state index contributed by atoms with van der Waals surface area (Å²) in [5.74, 6) is 2.92.